The van der Waals surface area contributed by atoms with Crippen molar-refractivity contribution in [3.8, 4) is 11.4 Å². The predicted octanol–water partition coefficient (Wildman–Crippen LogP) is 3.67. The highest BCUT2D eigenvalue weighted by Gasteiger charge is 2.10. The molecular formula is C17H24N4. The maximum Gasteiger partial charge on any atom is 0.163 e. The summed E-state index contributed by atoms with van der Waals surface area (Å²) in [6, 6.07) is 12.1. The highest BCUT2D eigenvalue weighted by atomic mass is 15.2. The highest BCUT2D eigenvalue weighted by Crippen LogP contribution is 2.22. The summed E-state index contributed by atoms with van der Waals surface area (Å²) in [6.07, 6.45) is 0. The van der Waals surface area contributed by atoms with E-state index < -0.39 is 0 Å². The molecule has 21 heavy (non-hydrogen) atoms. The molecule has 0 aliphatic rings. The molecule has 0 aliphatic carbocycles. The van der Waals surface area contributed by atoms with Crippen molar-refractivity contribution in [3.05, 3.63) is 36.4 Å². The van der Waals surface area contributed by atoms with Gasteiger partial charge < -0.3 is 10.2 Å². The van der Waals surface area contributed by atoms with Crippen LogP contribution in [0.1, 0.15) is 20.8 Å². The number of rotatable bonds is 6. The number of hydrogen-bond donors (Lipinski definition) is 1. The first kappa shape index (κ1) is 15.3. The summed E-state index contributed by atoms with van der Waals surface area (Å²) in [5, 5.41) is 3.29. The van der Waals surface area contributed by atoms with Crippen LogP contribution in [0.3, 0.4) is 0 Å². The van der Waals surface area contributed by atoms with Gasteiger partial charge in [0.25, 0.3) is 0 Å². The molecule has 0 saturated heterocycles. The molecule has 1 heterocycles. The minimum atomic E-state index is 0.590. The number of nitrogens with one attached hydrogen (secondary N) is 1. The fraction of sp³-hybridized carbons (Fsp3) is 0.412. The van der Waals surface area contributed by atoms with E-state index in [1.807, 2.05) is 36.4 Å². The molecule has 1 aromatic heterocycles. The van der Waals surface area contributed by atoms with Gasteiger partial charge in [0.15, 0.2) is 5.82 Å². The molecule has 0 radical (unpaired) electrons. The van der Waals surface area contributed by atoms with Crippen LogP contribution in [0.15, 0.2) is 36.4 Å². The third-order valence-corrected chi connectivity index (χ3v) is 3.13. The summed E-state index contributed by atoms with van der Waals surface area (Å²) in [5.74, 6) is 3.18. The van der Waals surface area contributed by atoms with Gasteiger partial charge in [-0.1, -0.05) is 44.2 Å². The summed E-state index contributed by atoms with van der Waals surface area (Å²) in [7, 11) is 2.08. The topological polar surface area (TPSA) is 41.0 Å². The van der Waals surface area contributed by atoms with E-state index in [4.69, 9.17) is 4.98 Å². The Hall–Kier alpha value is -2.10. The lowest BCUT2D eigenvalue weighted by molar-refractivity contribution is 0.634. The Labute approximate surface area is 127 Å². The first-order chi connectivity index (χ1) is 10.1. The van der Waals surface area contributed by atoms with Crippen molar-refractivity contribution >= 4 is 11.6 Å². The Bertz CT molecular complexity index is 566. The van der Waals surface area contributed by atoms with E-state index in [9.17, 15) is 0 Å². The van der Waals surface area contributed by atoms with Gasteiger partial charge in [-0.05, 0) is 12.8 Å². The molecule has 0 saturated carbocycles. The monoisotopic (exact) mass is 284 g/mol. The van der Waals surface area contributed by atoms with Crippen molar-refractivity contribution in [2.75, 3.05) is 30.4 Å². The van der Waals surface area contributed by atoms with Gasteiger partial charge in [0.2, 0.25) is 0 Å². The normalized spacial score (nSPS) is 10.7. The van der Waals surface area contributed by atoms with Crippen LogP contribution < -0.4 is 10.2 Å². The van der Waals surface area contributed by atoms with Crippen LogP contribution in [0.25, 0.3) is 11.4 Å². The second-order valence-corrected chi connectivity index (χ2v) is 5.61. The number of anilines is 2. The van der Waals surface area contributed by atoms with Crippen LogP contribution in [0.2, 0.25) is 0 Å². The molecule has 2 rings (SSSR count). The van der Waals surface area contributed by atoms with E-state index in [2.05, 4.69) is 43.0 Å². The zero-order valence-electron chi connectivity index (χ0n) is 13.3. The van der Waals surface area contributed by atoms with E-state index in [1.165, 1.54) is 0 Å². The van der Waals surface area contributed by atoms with Crippen molar-refractivity contribution < 1.29 is 0 Å². The number of aromatic nitrogens is 2. The van der Waals surface area contributed by atoms with Gasteiger partial charge in [0.1, 0.15) is 11.6 Å². The Morgan fingerprint density at radius 3 is 2.48 bits per heavy atom. The molecule has 4 nitrogen and oxygen atoms in total. The van der Waals surface area contributed by atoms with Gasteiger partial charge in [-0.15, -0.1) is 0 Å². The molecule has 0 fully saturated rings. The smallest absolute Gasteiger partial charge is 0.163 e. The van der Waals surface area contributed by atoms with Gasteiger partial charge in [-0.2, -0.15) is 0 Å². The molecule has 0 spiro atoms. The highest BCUT2D eigenvalue weighted by molar-refractivity contribution is 5.61. The Morgan fingerprint density at radius 1 is 1.14 bits per heavy atom. The Morgan fingerprint density at radius 2 is 1.86 bits per heavy atom. The molecule has 0 unspecified atom stereocenters. The van der Waals surface area contributed by atoms with Gasteiger partial charge in [0.05, 0.1) is 0 Å². The predicted molar refractivity (Wildman–Crippen MR) is 89.7 cm³/mol. The van der Waals surface area contributed by atoms with Crippen molar-refractivity contribution in [2.24, 2.45) is 5.92 Å². The molecule has 0 amide bonds. The fourth-order valence-electron chi connectivity index (χ4n) is 2.26. The SMILES string of the molecule is CCNc1cc(N(C)CC(C)C)nc(-c2ccccc2)n1. The standard InChI is InChI=1S/C17H24N4/c1-5-18-15-11-16(21(4)12-13(2)3)20-17(19-15)14-9-7-6-8-10-14/h6-11,13H,5,12H2,1-4H3,(H,18,19,20). The van der Waals surface area contributed by atoms with Crippen molar-refractivity contribution in [3.63, 3.8) is 0 Å². The van der Waals surface area contributed by atoms with Crippen LogP contribution in [-0.2, 0) is 0 Å². The van der Waals surface area contributed by atoms with Gasteiger partial charge in [-0.3, -0.25) is 0 Å². The average Bonchev–Trinajstić information content (AvgIpc) is 2.47. The van der Waals surface area contributed by atoms with Gasteiger partial charge in [-0.25, -0.2) is 9.97 Å². The molecule has 0 atom stereocenters. The molecular weight excluding hydrogens is 260 g/mol. The summed E-state index contributed by atoms with van der Waals surface area (Å²) < 4.78 is 0. The number of hydrogen-bond acceptors (Lipinski definition) is 4. The minimum absolute atomic E-state index is 0.590. The van der Waals surface area contributed by atoms with Crippen LogP contribution in [0.4, 0.5) is 11.6 Å². The third-order valence-electron chi connectivity index (χ3n) is 3.13. The van der Waals surface area contributed by atoms with Crippen molar-refractivity contribution in [1.82, 2.24) is 9.97 Å². The van der Waals surface area contributed by atoms with Crippen LogP contribution in [0, 0.1) is 5.92 Å². The lowest BCUT2D eigenvalue weighted by atomic mass is 10.2. The second-order valence-electron chi connectivity index (χ2n) is 5.61. The average molecular weight is 284 g/mol. The Kier molecular flexibility index (Phi) is 5.14. The number of benzene rings is 1. The molecule has 4 heteroatoms. The molecule has 1 N–H and O–H groups in total. The zero-order chi connectivity index (χ0) is 15.2. The molecule has 0 bridgehead atoms. The van der Waals surface area contributed by atoms with Crippen LogP contribution >= 0.6 is 0 Å². The van der Waals surface area contributed by atoms with Gasteiger partial charge >= 0.3 is 0 Å². The molecule has 112 valence electrons. The van der Waals surface area contributed by atoms with Crippen LogP contribution in [-0.4, -0.2) is 30.1 Å². The van der Waals surface area contributed by atoms with E-state index in [-0.39, 0.29) is 0 Å². The third kappa shape index (κ3) is 4.18. The Balaban J connectivity index is 2.39. The fourth-order valence-corrected chi connectivity index (χ4v) is 2.26. The summed E-state index contributed by atoms with van der Waals surface area (Å²) in [5.41, 5.74) is 1.04. The maximum atomic E-state index is 4.71. The van der Waals surface area contributed by atoms with E-state index >= 15 is 0 Å². The first-order valence-corrected chi connectivity index (χ1v) is 7.49. The number of nitrogens with zero attached hydrogens (tertiary/aromatic N) is 3. The van der Waals surface area contributed by atoms with Crippen molar-refractivity contribution in [1.29, 1.82) is 0 Å². The van der Waals surface area contributed by atoms with E-state index in [0.717, 1.165) is 36.1 Å². The van der Waals surface area contributed by atoms with E-state index in [1.54, 1.807) is 0 Å². The van der Waals surface area contributed by atoms with Crippen molar-refractivity contribution in [2.45, 2.75) is 20.8 Å². The molecule has 1 aromatic carbocycles. The summed E-state index contributed by atoms with van der Waals surface area (Å²) in [6.45, 7) is 8.30. The zero-order valence-corrected chi connectivity index (χ0v) is 13.3. The minimum Gasteiger partial charge on any atom is -0.370 e. The molecule has 0 aliphatic heterocycles. The van der Waals surface area contributed by atoms with E-state index in [0.29, 0.717) is 5.92 Å². The second kappa shape index (κ2) is 7.07. The van der Waals surface area contributed by atoms with Crippen LogP contribution in [0.5, 0.6) is 0 Å². The largest absolute Gasteiger partial charge is 0.370 e. The van der Waals surface area contributed by atoms with Gasteiger partial charge in [0, 0.05) is 31.8 Å². The quantitative estimate of drug-likeness (QED) is 0.878. The maximum absolute atomic E-state index is 4.71. The molecule has 2 aromatic rings. The lowest BCUT2D eigenvalue weighted by Gasteiger charge is -2.21. The lowest BCUT2D eigenvalue weighted by Crippen LogP contribution is -2.24. The first-order valence-electron chi connectivity index (χ1n) is 7.49. The summed E-state index contributed by atoms with van der Waals surface area (Å²) >= 11 is 0. The summed E-state index contributed by atoms with van der Waals surface area (Å²) in [4.78, 5) is 11.5.